The molecule has 0 saturated carbocycles. The summed E-state index contributed by atoms with van der Waals surface area (Å²) < 4.78 is 32.4. The molecule has 24 heavy (non-hydrogen) atoms. The van der Waals surface area contributed by atoms with Gasteiger partial charge in [0.1, 0.15) is 17.2 Å². The molecule has 0 bridgehead atoms. The summed E-state index contributed by atoms with van der Waals surface area (Å²) >= 11 is 0. The van der Waals surface area contributed by atoms with E-state index in [9.17, 15) is 18.7 Å². The zero-order valence-electron chi connectivity index (χ0n) is 13.5. The van der Waals surface area contributed by atoms with Crippen LogP contribution in [0.3, 0.4) is 0 Å². The van der Waals surface area contributed by atoms with Gasteiger partial charge in [-0.15, -0.1) is 0 Å². The number of carbonyl (C=O) groups is 1. The van der Waals surface area contributed by atoms with Crippen molar-refractivity contribution in [2.75, 3.05) is 45.9 Å². The lowest BCUT2D eigenvalue weighted by molar-refractivity contribution is -0.0524. The summed E-state index contributed by atoms with van der Waals surface area (Å²) in [5.41, 5.74) is -1.38. The largest absolute Gasteiger partial charge is 0.384 e. The minimum Gasteiger partial charge on any atom is -0.384 e. The van der Waals surface area contributed by atoms with Crippen molar-refractivity contribution in [3.8, 4) is 0 Å². The van der Waals surface area contributed by atoms with Crippen LogP contribution in [-0.4, -0.2) is 72.4 Å². The second kappa shape index (κ2) is 7.13. The number of ether oxygens (including phenoxy) is 1. The van der Waals surface area contributed by atoms with Crippen LogP contribution < -0.4 is 0 Å². The second-order valence-corrected chi connectivity index (χ2v) is 6.61. The first-order chi connectivity index (χ1) is 11.5. The van der Waals surface area contributed by atoms with E-state index in [0.717, 1.165) is 38.1 Å². The van der Waals surface area contributed by atoms with Crippen LogP contribution in [0.2, 0.25) is 0 Å². The molecule has 132 valence electrons. The predicted molar refractivity (Wildman–Crippen MR) is 83.7 cm³/mol. The molecule has 2 aliphatic heterocycles. The lowest BCUT2D eigenvalue weighted by atomic mass is 10.0. The molecular weight excluding hydrogens is 318 g/mol. The fraction of sp³-hybridized carbons (Fsp3) is 0.588. The van der Waals surface area contributed by atoms with Gasteiger partial charge in [-0.3, -0.25) is 4.79 Å². The number of halogens is 2. The van der Waals surface area contributed by atoms with E-state index in [1.165, 1.54) is 4.90 Å². The molecule has 1 N–H and O–H groups in total. The number of carbonyl (C=O) groups excluding carboxylic acids is 1. The third-order valence-corrected chi connectivity index (χ3v) is 4.53. The van der Waals surface area contributed by atoms with Crippen molar-refractivity contribution in [3.05, 3.63) is 35.4 Å². The van der Waals surface area contributed by atoms with Gasteiger partial charge in [-0.2, -0.15) is 0 Å². The zero-order valence-corrected chi connectivity index (χ0v) is 13.5. The highest BCUT2D eigenvalue weighted by molar-refractivity contribution is 5.94. The molecule has 0 radical (unpaired) electrons. The molecule has 1 amide bonds. The van der Waals surface area contributed by atoms with Gasteiger partial charge in [0.15, 0.2) is 0 Å². The van der Waals surface area contributed by atoms with Crippen molar-refractivity contribution >= 4 is 5.91 Å². The number of benzene rings is 1. The molecule has 0 aliphatic carbocycles. The molecule has 2 fully saturated rings. The first-order valence-corrected chi connectivity index (χ1v) is 8.24. The number of hydrogen-bond donors (Lipinski definition) is 1. The molecule has 1 unspecified atom stereocenters. The van der Waals surface area contributed by atoms with Crippen molar-refractivity contribution in [2.45, 2.75) is 18.4 Å². The van der Waals surface area contributed by atoms with Gasteiger partial charge in [0.25, 0.3) is 5.91 Å². The summed E-state index contributed by atoms with van der Waals surface area (Å²) in [5.74, 6) is -2.18. The van der Waals surface area contributed by atoms with Crippen LogP contribution in [0.5, 0.6) is 0 Å². The smallest absolute Gasteiger partial charge is 0.257 e. The molecule has 5 nitrogen and oxygen atoms in total. The number of hydrogen-bond acceptors (Lipinski definition) is 4. The SMILES string of the molecule is O=C(c1ccc(F)cc1F)N1CCOCC(O)(CN2CCCC2)C1. The van der Waals surface area contributed by atoms with Gasteiger partial charge in [0.2, 0.25) is 0 Å². The average molecular weight is 340 g/mol. The standard InChI is InChI=1S/C17H22F2N2O3/c18-13-3-4-14(15(19)9-13)16(22)21-7-8-24-12-17(23,11-21)10-20-5-1-2-6-20/h3-4,9,23H,1-2,5-8,10-12H2. The van der Waals surface area contributed by atoms with E-state index in [1.807, 2.05) is 0 Å². The Morgan fingerprint density at radius 3 is 2.71 bits per heavy atom. The molecule has 7 heteroatoms. The van der Waals surface area contributed by atoms with E-state index >= 15 is 0 Å². The summed E-state index contributed by atoms with van der Waals surface area (Å²) in [7, 11) is 0. The summed E-state index contributed by atoms with van der Waals surface area (Å²) in [6.07, 6.45) is 2.20. The maximum absolute atomic E-state index is 13.9. The first-order valence-electron chi connectivity index (χ1n) is 8.24. The topological polar surface area (TPSA) is 53.0 Å². The van der Waals surface area contributed by atoms with Gasteiger partial charge in [-0.1, -0.05) is 0 Å². The predicted octanol–water partition coefficient (Wildman–Crippen LogP) is 1.26. The van der Waals surface area contributed by atoms with E-state index < -0.39 is 23.1 Å². The van der Waals surface area contributed by atoms with E-state index in [0.29, 0.717) is 12.6 Å². The molecule has 1 aromatic rings. The summed E-state index contributed by atoms with van der Waals surface area (Å²) in [5, 5.41) is 10.9. The molecule has 1 atom stereocenters. The molecule has 2 saturated heterocycles. The van der Waals surface area contributed by atoms with Gasteiger partial charge in [0, 0.05) is 19.2 Å². The number of amides is 1. The Bertz CT molecular complexity index is 607. The van der Waals surface area contributed by atoms with Gasteiger partial charge in [-0.25, -0.2) is 8.78 Å². The van der Waals surface area contributed by atoms with Crippen molar-refractivity contribution < 1.29 is 23.4 Å². The van der Waals surface area contributed by atoms with Crippen LogP contribution in [0.4, 0.5) is 8.78 Å². The average Bonchev–Trinajstić information content (AvgIpc) is 2.94. The monoisotopic (exact) mass is 340 g/mol. The number of aliphatic hydroxyl groups is 1. The van der Waals surface area contributed by atoms with E-state index in [2.05, 4.69) is 4.90 Å². The van der Waals surface area contributed by atoms with E-state index in [4.69, 9.17) is 4.74 Å². The Morgan fingerprint density at radius 1 is 1.25 bits per heavy atom. The van der Waals surface area contributed by atoms with Gasteiger partial charge in [-0.05, 0) is 38.1 Å². The summed E-state index contributed by atoms with van der Waals surface area (Å²) in [6.45, 7) is 3.00. The Hall–Kier alpha value is -1.57. The molecule has 2 heterocycles. The van der Waals surface area contributed by atoms with Crippen LogP contribution in [-0.2, 0) is 4.74 Å². The lowest BCUT2D eigenvalue weighted by Gasteiger charge is -2.34. The van der Waals surface area contributed by atoms with Crippen LogP contribution >= 0.6 is 0 Å². The molecule has 0 spiro atoms. The molecule has 3 rings (SSSR count). The van der Waals surface area contributed by atoms with Crippen molar-refractivity contribution in [1.29, 1.82) is 0 Å². The van der Waals surface area contributed by atoms with Crippen LogP contribution in [0.15, 0.2) is 18.2 Å². The fourth-order valence-electron chi connectivity index (χ4n) is 3.38. The number of likely N-dealkylation sites (tertiary alicyclic amines) is 1. The summed E-state index contributed by atoms with van der Waals surface area (Å²) in [6, 6.07) is 2.89. The highest BCUT2D eigenvalue weighted by Gasteiger charge is 2.37. The Morgan fingerprint density at radius 2 is 2.00 bits per heavy atom. The zero-order chi connectivity index (χ0) is 17.2. The van der Waals surface area contributed by atoms with Crippen LogP contribution in [0.1, 0.15) is 23.2 Å². The minimum absolute atomic E-state index is 0.0686. The normalized spacial score (nSPS) is 25.7. The maximum atomic E-state index is 13.9. The molecular formula is C17H22F2N2O3. The van der Waals surface area contributed by atoms with Gasteiger partial charge < -0.3 is 19.6 Å². The molecule has 1 aromatic carbocycles. The third kappa shape index (κ3) is 3.91. The summed E-state index contributed by atoms with van der Waals surface area (Å²) in [4.78, 5) is 16.1. The maximum Gasteiger partial charge on any atom is 0.257 e. The van der Waals surface area contributed by atoms with Crippen molar-refractivity contribution in [2.24, 2.45) is 0 Å². The second-order valence-electron chi connectivity index (χ2n) is 6.61. The van der Waals surface area contributed by atoms with Crippen molar-refractivity contribution in [1.82, 2.24) is 9.80 Å². The molecule has 2 aliphatic rings. The van der Waals surface area contributed by atoms with Gasteiger partial charge in [0.05, 0.1) is 25.3 Å². The molecule has 0 aromatic heterocycles. The highest BCUT2D eigenvalue weighted by atomic mass is 19.1. The lowest BCUT2D eigenvalue weighted by Crippen LogP contribution is -2.53. The first kappa shape index (κ1) is 17.3. The number of β-amino-alcohol motifs (C(OH)–C–C–N with tert-alkyl or cyclic N) is 1. The van der Waals surface area contributed by atoms with Crippen LogP contribution in [0, 0.1) is 11.6 Å². The van der Waals surface area contributed by atoms with Crippen molar-refractivity contribution in [3.63, 3.8) is 0 Å². The van der Waals surface area contributed by atoms with Gasteiger partial charge >= 0.3 is 0 Å². The Labute approximate surface area is 139 Å². The quantitative estimate of drug-likeness (QED) is 0.900. The van der Waals surface area contributed by atoms with Crippen LogP contribution in [0.25, 0.3) is 0 Å². The van der Waals surface area contributed by atoms with E-state index in [1.54, 1.807) is 0 Å². The van der Waals surface area contributed by atoms with E-state index in [-0.39, 0.29) is 31.9 Å². The Balaban J connectivity index is 1.75. The number of nitrogens with zero attached hydrogens (tertiary/aromatic N) is 2. The Kier molecular flexibility index (Phi) is 5.12. The highest BCUT2D eigenvalue weighted by Crippen LogP contribution is 2.20. The third-order valence-electron chi connectivity index (χ3n) is 4.53. The minimum atomic E-state index is -1.19. The fourth-order valence-corrected chi connectivity index (χ4v) is 3.38. The number of rotatable bonds is 3.